The first kappa shape index (κ1) is 10.8. The summed E-state index contributed by atoms with van der Waals surface area (Å²) in [4.78, 5) is 4.25. The van der Waals surface area contributed by atoms with Gasteiger partial charge in [-0.3, -0.25) is 4.90 Å². The molecule has 2 heterocycles. The second kappa shape index (κ2) is 4.86. The van der Waals surface area contributed by atoms with Gasteiger partial charge in [0.05, 0.1) is 0 Å². The standard InChI is InChI=1S/C13H20N2S/c1-2-12(16-9-1)5-7-15-8-6-14-10-13(15)11-3-4-11/h1-2,9,11,13-14H,3-8,10H2. The average Bonchev–Trinajstić information content (AvgIpc) is 3.04. The van der Waals surface area contributed by atoms with Crippen LogP contribution in [0.5, 0.6) is 0 Å². The van der Waals surface area contributed by atoms with Crippen LogP contribution < -0.4 is 5.32 Å². The number of piperazine rings is 1. The summed E-state index contributed by atoms with van der Waals surface area (Å²) >= 11 is 1.89. The van der Waals surface area contributed by atoms with Crippen LogP contribution in [0, 0.1) is 5.92 Å². The van der Waals surface area contributed by atoms with Crippen LogP contribution in [0.4, 0.5) is 0 Å². The molecular formula is C13H20N2S. The van der Waals surface area contributed by atoms with Gasteiger partial charge in [0.15, 0.2) is 0 Å². The largest absolute Gasteiger partial charge is 0.314 e. The Kier molecular flexibility index (Phi) is 3.27. The zero-order chi connectivity index (χ0) is 10.8. The predicted molar refractivity (Wildman–Crippen MR) is 69.0 cm³/mol. The molecule has 88 valence electrons. The Bertz CT molecular complexity index is 319. The van der Waals surface area contributed by atoms with E-state index in [1.165, 1.54) is 50.3 Å². The van der Waals surface area contributed by atoms with Crippen molar-refractivity contribution in [3.8, 4) is 0 Å². The van der Waals surface area contributed by atoms with Gasteiger partial charge in [0.1, 0.15) is 0 Å². The highest BCUT2D eigenvalue weighted by molar-refractivity contribution is 7.09. The molecule has 1 N–H and O–H groups in total. The third kappa shape index (κ3) is 2.47. The minimum atomic E-state index is 0.828. The summed E-state index contributed by atoms with van der Waals surface area (Å²) in [6, 6.07) is 5.25. The first-order chi connectivity index (χ1) is 7.93. The number of nitrogens with one attached hydrogen (secondary N) is 1. The lowest BCUT2D eigenvalue weighted by Gasteiger charge is -2.36. The van der Waals surface area contributed by atoms with E-state index in [1.807, 2.05) is 11.3 Å². The van der Waals surface area contributed by atoms with E-state index >= 15 is 0 Å². The molecule has 0 radical (unpaired) electrons. The molecule has 3 rings (SSSR count). The summed E-state index contributed by atoms with van der Waals surface area (Å²) in [5.74, 6) is 0.996. The third-order valence-corrected chi connectivity index (χ3v) is 4.73. The molecule has 2 fully saturated rings. The minimum Gasteiger partial charge on any atom is -0.314 e. The molecule has 2 aliphatic rings. The van der Waals surface area contributed by atoms with Crippen LogP contribution in [0.1, 0.15) is 17.7 Å². The first-order valence-corrected chi connectivity index (χ1v) is 7.28. The quantitative estimate of drug-likeness (QED) is 0.860. The highest BCUT2D eigenvalue weighted by Crippen LogP contribution is 2.35. The Morgan fingerprint density at radius 2 is 2.38 bits per heavy atom. The van der Waals surface area contributed by atoms with Gasteiger partial charge in [-0.2, -0.15) is 0 Å². The van der Waals surface area contributed by atoms with Crippen LogP contribution in [0.25, 0.3) is 0 Å². The van der Waals surface area contributed by atoms with Crippen molar-refractivity contribution in [3.63, 3.8) is 0 Å². The van der Waals surface area contributed by atoms with Crippen LogP contribution >= 0.6 is 11.3 Å². The Labute approximate surface area is 102 Å². The summed E-state index contributed by atoms with van der Waals surface area (Å²) in [7, 11) is 0. The molecule has 1 aromatic rings. The third-order valence-electron chi connectivity index (χ3n) is 3.79. The normalized spacial score (nSPS) is 27.1. The minimum absolute atomic E-state index is 0.828. The maximum Gasteiger partial charge on any atom is 0.0249 e. The molecule has 1 saturated carbocycles. The molecule has 1 unspecified atom stereocenters. The molecule has 1 aromatic heterocycles. The highest BCUT2D eigenvalue weighted by atomic mass is 32.1. The molecule has 0 spiro atoms. The van der Waals surface area contributed by atoms with Crippen molar-refractivity contribution in [1.82, 2.24) is 10.2 Å². The first-order valence-electron chi connectivity index (χ1n) is 6.40. The molecule has 0 amide bonds. The van der Waals surface area contributed by atoms with Gasteiger partial charge in [0.2, 0.25) is 0 Å². The number of thiophene rings is 1. The fraction of sp³-hybridized carbons (Fsp3) is 0.692. The van der Waals surface area contributed by atoms with Gasteiger partial charge in [-0.15, -0.1) is 11.3 Å². The molecule has 1 atom stereocenters. The number of nitrogens with zero attached hydrogens (tertiary/aromatic N) is 1. The summed E-state index contributed by atoms with van der Waals surface area (Å²) in [6.07, 6.45) is 4.16. The van der Waals surface area contributed by atoms with Crippen molar-refractivity contribution in [2.24, 2.45) is 5.92 Å². The van der Waals surface area contributed by atoms with E-state index < -0.39 is 0 Å². The van der Waals surface area contributed by atoms with E-state index in [-0.39, 0.29) is 0 Å². The molecular weight excluding hydrogens is 216 g/mol. The lowest BCUT2D eigenvalue weighted by molar-refractivity contribution is 0.145. The van der Waals surface area contributed by atoms with E-state index in [1.54, 1.807) is 0 Å². The highest BCUT2D eigenvalue weighted by Gasteiger charge is 2.36. The van der Waals surface area contributed by atoms with E-state index in [2.05, 4.69) is 27.7 Å². The fourth-order valence-corrected chi connectivity index (χ4v) is 3.40. The van der Waals surface area contributed by atoms with Crippen LogP contribution in [0.15, 0.2) is 17.5 Å². The summed E-state index contributed by atoms with van der Waals surface area (Å²) in [5.41, 5.74) is 0. The van der Waals surface area contributed by atoms with Gasteiger partial charge in [0.25, 0.3) is 0 Å². The number of rotatable bonds is 4. The van der Waals surface area contributed by atoms with E-state index in [9.17, 15) is 0 Å². The molecule has 2 nitrogen and oxygen atoms in total. The van der Waals surface area contributed by atoms with Gasteiger partial charge < -0.3 is 5.32 Å². The Morgan fingerprint density at radius 1 is 1.44 bits per heavy atom. The number of hydrogen-bond acceptors (Lipinski definition) is 3. The van der Waals surface area contributed by atoms with Gasteiger partial charge in [-0.1, -0.05) is 6.07 Å². The Balaban J connectivity index is 1.55. The van der Waals surface area contributed by atoms with Gasteiger partial charge in [-0.25, -0.2) is 0 Å². The van der Waals surface area contributed by atoms with Crippen LogP contribution in [-0.4, -0.2) is 37.1 Å². The second-order valence-electron chi connectivity index (χ2n) is 4.97. The van der Waals surface area contributed by atoms with Crippen molar-refractivity contribution < 1.29 is 0 Å². The molecule has 16 heavy (non-hydrogen) atoms. The second-order valence-corrected chi connectivity index (χ2v) is 6.01. The molecule has 0 aromatic carbocycles. The zero-order valence-corrected chi connectivity index (χ0v) is 10.5. The molecule has 0 bridgehead atoms. The van der Waals surface area contributed by atoms with Crippen LogP contribution in [0.2, 0.25) is 0 Å². The molecule has 1 aliphatic carbocycles. The molecule has 1 saturated heterocycles. The smallest absolute Gasteiger partial charge is 0.0249 e. The monoisotopic (exact) mass is 236 g/mol. The summed E-state index contributed by atoms with van der Waals surface area (Å²) < 4.78 is 0. The van der Waals surface area contributed by atoms with Crippen LogP contribution in [0.3, 0.4) is 0 Å². The van der Waals surface area contributed by atoms with Crippen molar-refractivity contribution in [2.45, 2.75) is 25.3 Å². The number of hydrogen-bond donors (Lipinski definition) is 1. The van der Waals surface area contributed by atoms with Crippen molar-refractivity contribution >= 4 is 11.3 Å². The van der Waals surface area contributed by atoms with Crippen molar-refractivity contribution in [1.29, 1.82) is 0 Å². The average molecular weight is 236 g/mol. The zero-order valence-electron chi connectivity index (χ0n) is 9.69. The van der Waals surface area contributed by atoms with Crippen molar-refractivity contribution in [3.05, 3.63) is 22.4 Å². The van der Waals surface area contributed by atoms with Gasteiger partial charge in [-0.05, 0) is 36.6 Å². The lowest BCUT2D eigenvalue weighted by atomic mass is 10.1. The summed E-state index contributed by atoms with van der Waals surface area (Å²) in [5, 5.41) is 5.73. The summed E-state index contributed by atoms with van der Waals surface area (Å²) in [6.45, 7) is 4.89. The Hall–Kier alpha value is -0.380. The van der Waals surface area contributed by atoms with Crippen molar-refractivity contribution in [2.75, 3.05) is 26.2 Å². The lowest BCUT2D eigenvalue weighted by Crippen LogP contribution is -2.52. The predicted octanol–water partition coefficient (Wildman–Crippen LogP) is 1.97. The van der Waals surface area contributed by atoms with E-state index in [0.717, 1.165) is 12.0 Å². The fourth-order valence-electron chi connectivity index (χ4n) is 2.70. The maximum absolute atomic E-state index is 3.54. The molecule has 1 aliphatic heterocycles. The van der Waals surface area contributed by atoms with Gasteiger partial charge in [0, 0.05) is 37.1 Å². The van der Waals surface area contributed by atoms with E-state index in [4.69, 9.17) is 0 Å². The topological polar surface area (TPSA) is 15.3 Å². The SMILES string of the molecule is c1csc(CCN2CCNCC2C2CC2)c1. The van der Waals surface area contributed by atoms with Gasteiger partial charge >= 0.3 is 0 Å². The van der Waals surface area contributed by atoms with E-state index in [0.29, 0.717) is 0 Å². The van der Waals surface area contributed by atoms with Crippen LogP contribution in [-0.2, 0) is 6.42 Å². The maximum atomic E-state index is 3.54. The molecule has 3 heteroatoms. The Morgan fingerprint density at radius 3 is 3.12 bits per heavy atom.